The van der Waals surface area contributed by atoms with Crippen molar-refractivity contribution in [3.05, 3.63) is 65.2 Å². The Labute approximate surface area is 244 Å². The maximum Gasteiger partial charge on any atom is 0.250 e. The average Bonchev–Trinajstić information content (AvgIpc) is 3.53. The number of aryl methyl sites for hydroxylation is 2. The SMILES string of the molecule is Cc1ccc(C)c(NC(=O)C2N(CCCCCCO)C(=O)[C@@H]3[C@H](C(=O)NCc4ccccc4)[C@H]4OC23CC4Br)c1. The Morgan fingerprint density at radius 3 is 2.58 bits per heavy atom. The molecule has 3 fully saturated rings. The van der Waals surface area contributed by atoms with Crippen molar-refractivity contribution in [1.29, 1.82) is 0 Å². The molecule has 0 aromatic heterocycles. The zero-order valence-corrected chi connectivity index (χ0v) is 24.7. The fourth-order valence-electron chi connectivity index (χ4n) is 6.69. The summed E-state index contributed by atoms with van der Waals surface area (Å²) >= 11 is 3.73. The summed E-state index contributed by atoms with van der Waals surface area (Å²) in [4.78, 5) is 43.3. The Morgan fingerprint density at radius 1 is 1.07 bits per heavy atom. The van der Waals surface area contributed by atoms with E-state index in [1.54, 1.807) is 4.90 Å². The summed E-state index contributed by atoms with van der Waals surface area (Å²) in [5.74, 6) is -2.12. The zero-order chi connectivity index (χ0) is 28.4. The maximum absolute atomic E-state index is 14.1. The van der Waals surface area contributed by atoms with Gasteiger partial charge < -0.3 is 25.4 Å². The van der Waals surface area contributed by atoms with Crippen molar-refractivity contribution in [2.24, 2.45) is 11.8 Å². The van der Waals surface area contributed by atoms with E-state index in [1.807, 2.05) is 62.4 Å². The average molecular weight is 613 g/mol. The standard InChI is InChI=1S/C31H38BrN3O5/c1-19-12-13-20(2)23(16-19)34-29(38)27-31-17-22(32)26(40-31)24(28(37)33-18-21-10-6-5-7-11-21)25(31)30(39)35(27)14-8-3-4-9-15-36/h5-7,10-13,16,22,24-27,36H,3-4,8-9,14-15,17-18H2,1-2H3,(H,33,37)(H,34,38)/t22?,24-,25-,26-,27?,31?/m0/s1. The first kappa shape index (κ1) is 28.8. The van der Waals surface area contributed by atoms with Gasteiger partial charge in [0.15, 0.2) is 0 Å². The van der Waals surface area contributed by atoms with Crippen molar-refractivity contribution in [3.8, 4) is 0 Å². The highest BCUT2D eigenvalue weighted by Crippen LogP contribution is 2.60. The third kappa shape index (κ3) is 5.31. The maximum atomic E-state index is 14.1. The summed E-state index contributed by atoms with van der Waals surface area (Å²) < 4.78 is 6.59. The molecule has 2 bridgehead atoms. The van der Waals surface area contributed by atoms with Gasteiger partial charge in [0.05, 0.1) is 17.9 Å². The van der Waals surface area contributed by atoms with Crippen LogP contribution in [0.5, 0.6) is 0 Å². The van der Waals surface area contributed by atoms with E-state index in [2.05, 4.69) is 26.6 Å². The Hall–Kier alpha value is -2.75. The highest BCUT2D eigenvalue weighted by atomic mass is 79.9. The molecule has 0 radical (unpaired) electrons. The number of carbonyl (C=O) groups excluding carboxylic acids is 3. The lowest BCUT2D eigenvalue weighted by Gasteiger charge is -2.34. The van der Waals surface area contributed by atoms with Gasteiger partial charge in [-0.3, -0.25) is 14.4 Å². The molecule has 214 valence electrons. The molecule has 1 spiro atoms. The van der Waals surface area contributed by atoms with Crippen LogP contribution in [0.4, 0.5) is 5.69 Å². The molecule has 0 saturated carbocycles. The first-order valence-electron chi connectivity index (χ1n) is 14.2. The van der Waals surface area contributed by atoms with Crippen LogP contribution in [0.2, 0.25) is 0 Å². The highest BCUT2D eigenvalue weighted by Gasteiger charge is 2.76. The van der Waals surface area contributed by atoms with Crippen molar-refractivity contribution in [1.82, 2.24) is 10.2 Å². The number of halogens is 1. The van der Waals surface area contributed by atoms with E-state index >= 15 is 0 Å². The summed E-state index contributed by atoms with van der Waals surface area (Å²) in [5.41, 5.74) is 2.55. The molecule has 8 nitrogen and oxygen atoms in total. The number of fused-ring (bicyclic) bond motifs is 1. The third-order valence-corrected chi connectivity index (χ3v) is 9.45. The van der Waals surface area contributed by atoms with Crippen molar-refractivity contribution in [3.63, 3.8) is 0 Å². The number of ether oxygens (including phenoxy) is 1. The first-order valence-corrected chi connectivity index (χ1v) is 15.1. The van der Waals surface area contributed by atoms with Gasteiger partial charge in [-0.15, -0.1) is 0 Å². The normalized spacial score (nSPS) is 28.6. The molecule has 5 rings (SSSR count). The second-order valence-corrected chi connectivity index (χ2v) is 12.5. The molecule has 2 aromatic rings. The number of hydrogen-bond donors (Lipinski definition) is 3. The number of hydrogen-bond acceptors (Lipinski definition) is 5. The van der Waals surface area contributed by atoms with E-state index in [9.17, 15) is 14.4 Å². The van der Waals surface area contributed by atoms with Crippen molar-refractivity contribution < 1.29 is 24.2 Å². The van der Waals surface area contributed by atoms with Crippen LogP contribution in [0, 0.1) is 25.7 Å². The number of unbranched alkanes of at least 4 members (excludes halogenated alkanes) is 3. The number of benzene rings is 2. The Kier molecular flexibility index (Phi) is 8.63. The number of nitrogens with one attached hydrogen (secondary N) is 2. The molecular weight excluding hydrogens is 574 g/mol. The summed E-state index contributed by atoms with van der Waals surface area (Å²) in [6.07, 6.45) is 3.07. The number of anilines is 1. The predicted octanol–water partition coefficient (Wildman–Crippen LogP) is 3.86. The van der Waals surface area contributed by atoms with Gasteiger partial charge in [-0.1, -0.05) is 71.2 Å². The Bertz CT molecular complexity index is 1260. The lowest BCUT2D eigenvalue weighted by Crippen LogP contribution is -2.54. The van der Waals surface area contributed by atoms with Crippen LogP contribution < -0.4 is 10.6 Å². The van der Waals surface area contributed by atoms with Crippen molar-refractivity contribution >= 4 is 39.3 Å². The second-order valence-electron chi connectivity index (χ2n) is 11.3. The molecule has 3 amide bonds. The van der Waals surface area contributed by atoms with Gasteiger partial charge in [0, 0.05) is 30.2 Å². The number of nitrogens with zero attached hydrogens (tertiary/aromatic N) is 1. The number of carbonyl (C=O) groups is 3. The highest BCUT2D eigenvalue weighted by molar-refractivity contribution is 9.09. The van der Waals surface area contributed by atoms with Gasteiger partial charge in [-0.2, -0.15) is 0 Å². The van der Waals surface area contributed by atoms with Gasteiger partial charge in [-0.05, 0) is 55.9 Å². The molecule has 3 saturated heterocycles. The van der Waals surface area contributed by atoms with Crippen molar-refractivity contribution in [2.75, 3.05) is 18.5 Å². The first-order chi connectivity index (χ1) is 19.3. The van der Waals surface area contributed by atoms with Gasteiger partial charge in [0.1, 0.15) is 11.6 Å². The van der Waals surface area contributed by atoms with Crippen LogP contribution in [0.25, 0.3) is 0 Å². The second kappa shape index (κ2) is 12.0. The summed E-state index contributed by atoms with van der Waals surface area (Å²) in [7, 11) is 0. The summed E-state index contributed by atoms with van der Waals surface area (Å²) in [6, 6.07) is 14.7. The van der Waals surface area contributed by atoms with E-state index < -0.39 is 29.6 Å². The summed E-state index contributed by atoms with van der Waals surface area (Å²) in [5, 5.41) is 15.3. The Balaban J connectivity index is 1.43. The van der Waals surface area contributed by atoms with E-state index in [-0.39, 0.29) is 29.2 Å². The molecule has 3 aliphatic heterocycles. The van der Waals surface area contributed by atoms with Crippen LogP contribution in [0.15, 0.2) is 48.5 Å². The Morgan fingerprint density at radius 2 is 1.82 bits per heavy atom. The topological polar surface area (TPSA) is 108 Å². The molecule has 40 heavy (non-hydrogen) atoms. The molecule has 3 heterocycles. The van der Waals surface area contributed by atoms with E-state index in [1.165, 1.54) is 0 Å². The van der Waals surface area contributed by atoms with Gasteiger partial charge in [0.25, 0.3) is 0 Å². The molecular formula is C31H38BrN3O5. The molecule has 9 heteroatoms. The van der Waals surface area contributed by atoms with Crippen LogP contribution in [0.3, 0.4) is 0 Å². The number of aliphatic hydroxyl groups excluding tert-OH is 1. The lowest BCUT2D eigenvalue weighted by molar-refractivity contribution is -0.140. The zero-order valence-electron chi connectivity index (χ0n) is 23.1. The van der Waals surface area contributed by atoms with Crippen LogP contribution in [-0.4, -0.2) is 63.5 Å². The summed E-state index contributed by atoms with van der Waals surface area (Å²) in [6.45, 7) is 4.80. The fraction of sp³-hybridized carbons (Fsp3) is 0.516. The van der Waals surface area contributed by atoms with E-state index in [0.29, 0.717) is 38.0 Å². The molecule has 0 aliphatic carbocycles. The number of aliphatic hydroxyl groups is 1. The fourth-order valence-corrected chi connectivity index (χ4v) is 7.63. The van der Waals surface area contributed by atoms with Gasteiger partial charge in [0.2, 0.25) is 17.7 Å². The molecule has 2 aromatic carbocycles. The molecule has 3 N–H and O–H groups in total. The monoisotopic (exact) mass is 611 g/mol. The van der Waals surface area contributed by atoms with E-state index in [0.717, 1.165) is 29.5 Å². The van der Waals surface area contributed by atoms with Crippen LogP contribution in [-0.2, 0) is 25.7 Å². The molecule has 3 aliphatic rings. The molecule has 6 atom stereocenters. The molecule has 3 unspecified atom stereocenters. The minimum absolute atomic E-state index is 0.135. The minimum Gasteiger partial charge on any atom is -0.396 e. The van der Waals surface area contributed by atoms with E-state index in [4.69, 9.17) is 9.84 Å². The van der Waals surface area contributed by atoms with Crippen molar-refractivity contribution in [2.45, 2.75) is 75.1 Å². The number of rotatable bonds is 11. The van der Waals surface area contributed by atoms with Gasteiger partial charge >= 0.3 is 0 Å². The largest absolute Gasteiger partial charge is 0.396 e. The smallest absolute Gasteiger partial charge is 0.250 e. The van der Waals surface area contributed by atoms with Gasteiger partial charge in [-0.25, -0.2) is 0 Å². The number of likely N-dealkylation sites (tertiary alicyclic amines) is 1. The predicted molar refractivity (Wildman–Crippen MR) is 156 cm³/mol. The van der Waals surface area contributed by atoms with Crippen LogP contribution >= 0.6 is 15.9 Å². The number of alkyl halides is 1. The minimum atomic E-state index is -1.09. The third-order valence-electron chi connectivity index (χ3n) is 8.61. The van der Waals surface area contributed by atoms with Crippen LogP contribution in [0.1, 0.15) is 48.8 Å². The number of amides is 3. The quantitative estimate of drug-likeness (QED) is 0.264. The lowest BCUT2D eigenvalue weighted by atomic mass is 9.70.